The van der Waals surface area contributed by atoms with Crippen molar-refractivity contribution in [1.29, 1.82) is 0 Å². The number of nitrogens with zero attached hydrogens (tertiary/aromatic N) is 2. The number of amides is 3. The van der Waals surface area contributed by atoms with Gasteiger partial charge in [0.05, 0.1) is 0 Å². The average molecular weight is 458 g/mol. The minimum absolute atomic E-state index is 0.0550. The number of halogens is 1. The molecule has 1 aliphatic carbocycles. The fourth-order valence-electron chi connectivity index (χ4n) is 5.08. The van der Waals surface area contributed by atoms with Crippen LogP contribution in [0, 0.1) is 11.8 Å². The standard InChI is InChI=1S/C24H28ClN3O2S/c25-21-4-2-1-3-19(21)13-24(22(29)28(23(30)26-24)15-17-5-6-17)20-7-10-27(11-8-20)14-18-9-12-31-16-18/h1-4,9,12,16-17,20H,5-8,10-11,13-15H2,(H,26,30). The lowest BCUT2D eigenvalue weighted by Crippen LogP contribution is -2.57. The van der Waals surface area contributed by atoms with Gasteiger partial charge in [0.15, 0.2) is 0 Å². The molecule has 1 aromatic heterocycles. The number of likely N-dealkylation sites (tertiary alicyclic amines) is 1. The monoisotopic (exact) mass is 457 g/mol. The molecule has 0 spiro atoms. The summed E-state index contributed by atoms with van der Waals surface area (Å²) in [6.45, 7) is 3.35. The van der Waals surface area contributed by atoms with Gasteiger partial charge in [0.1, 0.15) is 5.54 Å². The predicted octanol–water partition coefficient (Wildman–Crippen LogP) is 4.56. The molecule has 2 aromatic rings. The quantitative estimate of drug-likeness (QED) is 0.620. The number of imide groups is 1. The minimum Gasteiger partial charge on any atom is -0.322 e. The Morgan fingerprint density at radius 1 is 1.10 bits per heavy atom. The van der Waals surface area contributed by atoms with Gasteiger partial charge in [0.2, 0.25) is 0 Å². The Kier molecular flexibility index (Phi) is 5.80. The highest BCUT2D eigenvalue weighted by Gasteiger charge is 2.56. The summed E-state index contributed by atoms with van der Waals surface area (Å²) in [5.41, 5.74) is 1.37. The second-order valence-corrected chi connectivity index (χ2v) is 10.4. The van der Waals surface area contributed by atoms with Crippen LogP contribution in [-0.2, 0) is 17.8 Å². The van der Waals surface area contributed by atoms with Crippen molar-refractivity contribution in [1.82, 2.24) is 15.1 Å². The maximum atomic E-state index is 13.7. The molecule has 5 rings (SSSR count). The topological polar surface area (TPSA) is 52.7 Å². The molecule has 1 unspecified atom stereocenters. The second-order valence-electron chi connectivity index (χ2n) is 9.21. The smallest absolute Gasteiger partial charge is 0.322 e. The lowest BCUT2D eigenvalue weighted by atomic mass is 9.74. The van der Waals surface area contributed by atoms with Gasteiger partial charge in [0.25, 0.3) is 5.91 Å². The van der Waals surface area contributed by atoms with Gasteiger partial charge < -0.3 is 5.32 Å². The zero-order chi connectivity index (χ0) is 21.4. The van der Waals surface area contributed by atoms with E-state index in [4.69, 9.17) is 11.6 Å². The molecule has 31 heavy (non-hydrogen) atoms. The van der Waals surface area contributed by atoms with Crippen molar-refractivity contribution in [2.75, 3.05) is 19.6 Å². The van der Waals surface area contributed by atoms with E-state index in [0.29, 0.717) is 23.9 Å². The zero-order valence-electron chi connectivity index (χ0n) is 17.6. The third-order valence-corrected chi connectivity index (χ3v) is 8.14. The molecule has 164 valence electrons. The van der Waals surface area contributed by atoms with E-state index in [1.54, 1.807) is 11.3 Å². The number of urea groups is 1. The largest absolute Gasteiger partial charge is 0.325 e. The Bertz CT molecular complexity index is 953. The van der Waals surface area contributed by atoms with E-state index in [9.17, 15) is 9.59 Å². The van der Waals surface area contributed by atoms with Crippen molar-refractivity contribution in [3.63, 3.8) is 0 Å². The lowest BCUT2D eigenvalue weighted by molar-refractivity contribution is -0.134. The van der Waals surface area contributed by atoms with Crippen LogP contribution < -0.4 is 5.32 Å². The molecule has 1 saturated carbocycles. The molecular weight excluding hydrogens is 430 g/mol. The van der Waals surface area contributed by atoms with Crippen molar-refractivity contribution < 1.29 is 9.59 Å². The maximum absolute atomic E-state index is 13.7. The summed E-state index contributed by atoms with van der Waals surface area (Å²) in [5, 5.41) is 8.13. The van der Waals surface area contributed by atoms with Crippen LogP contribution in [-0.4, -0.2) is 46.9 Å². The van der Waals surface area contributed by atoms with Crippen LogP contribution in [0.1, 0.15) is 36.8 Å². The number of hydrogen-bond acceptors (Lipinski definition) is 4. The number of rotatable bonds is 7. The summed E-state index contributed by atoms with van der Waals surface area (Å²) in [5.74, 6) is 0.516. The minimum atomic E-state index is -0.897. The molecule has 3 amide bonds. The Hall–Kier alpha value is -1.89. The third kappa shape index (κ3) is 4.26. The SMILES string of the molecule is O=C1NC(Cc2ccccc2Cl)(C2CCN(Cc3ccsc3)CC2)C(=O)N1CC1CC1. The van der Waals surface area contributed by atoms with Crippen molar-refractivity contribution in [3.8, 4) is 0 Å². The Morgan fingerprint density at radius 3 is 2.55 bits per heavy atom. The highest BCUT2D eigenvalue weighted by molar-refractivity contribution is 7.07. The molecule has 7 heteroatoms. The molecule has 3 fully saturated rings. The highest BCUT2D eigenvalue weighted by Crippen LogP contribution is 2.39. The van der Waals surface area contributed by atoms with Crippen molar-refractivity contribution in [3.05, 3.63) is 57.2 Å². The number of thiophene rings is 1. The van der Waals surface area contributed by atoms with Gasteiger partial charge in [-0.15, -0.1) is 0 Å². The van der Waals surface area contributed by atoms with Crippen LogP contribution in [0.4, 0.5) is 4.79 Å². The number of benzene rings is 1. The van der Waals surface area contributed by atoms with Crippen LogP contribution in [0.15, 0.2) is 41.1 Å². The number of hydrogen-bond donors (Lipinski definition) is 1. The van der Waals surface area contributed by atoms with Gasteiger partial charge in [0, 0.05) is 24.5 Å². The van der Waals surface area contributed by atoms with Gasteiger partial charge in [-0.2, -0.15) is 11.3 Å². The van der Waals surface area contributed by atoms with E-state index < -0.39 is 5.54 Å². The van der Waals surface area contributed by atoms with Gasteiger partial charge in [-0.05, 0) is 84.6 Å². The van der Waals surface area contributed by atoms with Crippen LogP contribution in [0.2, 0.25) is 5.02 Å². The molecule has 0 radical (unpaired) electrons. The van der Waals surface area contributed by atoms with Gasteiger partial charge in [-0.25, -0.2) is 4.79 Å². The third-order valence-electron chi connectivity index (χ3n) is 7.04. The van der Waals surface area contributed by atoms with Gasteiger partial charge in [-0.1, -0.05) is 29.8 Å². The van der Waals surface area contributed by atoms with Crippen LogP contribution in [0.5, 0.6) is 0 Å². The first-order valence-corrected chi connectivity index (χ1v) is 12.5. The summed E-state index contributed by atoms with van der Waals surface area (Å²) >= 11 is 8.20. The predicted molar refractivity (Wildman–Crippen MR) is 123 cm³/mol. The summed E-state index contributed by atoms with van der Waals surface area (Å²) in [6, 6.07) is 9.62. The Morgan fingerprint density at radius 2 is 1.87 bits per heavy atom. The lowest BCUT2D eigenvalue weighted by Gasteiger charge is -2.41. The zero-order valence-corrected chi connectivity index (χ0v) is 19.1. The van der Waals surface area contributed by atoms with Crippen molar-refractivity contribution in [2.45, 2.75) is 44.2 Å². The fourth-order valence-corrected chi connectivity index (χ4v) is 5.94. The van der Waals surface area contributed by atoms with Crippen molar-refractivity contribution in [2.24, 2.45) is 11.8 Å². The number of carbonyl (C=O) groups is 2. The Labute approximate surface area is 192 Å². The molecule has 5 nitrogen and oxygen atoms in total. The fraction of sp³-hybridized carbons (Fsp3) is 0.500. The summed E-state index contributed by atoms with van der Waals surface area (Å²) < 4.78 is 0. The number of nitrogens with one attached hydrogen (secondary N) is 1. The first-order chi connectivity index (χ1) is 15.0. The average Bonchev–Trinajstić information content (AvgIpc) is 3.39. The molecule has 2 saturated heterocycles. The summed E-state index contributed by atoms with van der Waals surface area (Å²) in [7, 11) is 0. The number of piperidine rings is 1. The summed E-state index contributed by atoms with van der Waals surface area (Å²) in [6.07, 6.45) is 4.44. The first kappa shape index (κ1) is 21.0. The summed E-state index contributed by atoms with van der Waals surface area (Å²) in [4.78, 5) is 30.6. The Balaban J connectivity index is 1.37. The molecule has 1 atom stereocenters. The highest BCUT2D eigenvalue weighted by atomic mass is 35.5. The maximum Gasteiger partial charge on any atom is 0.325 e. The van der Waals surface area contributed by atoms with Crippen LogP contribution in [0.3, 0.4) is 0 Å². The van der Waals surface area contributed by atoms with Crippen molar-refractivity contribution >= 4 is 34.9 Å². The van der Waals surface area contributed by atoms with E-state index in [2.05, 4.69) is 27.0 Å². The second kappa shape index (κ2) is 8.57. The molecule has 1 aromatic carbocycles. The first-order valence-electron chi connectivity index (χ1n) is 11.2. The van der Waals surface area contributed by atoms with Crippen LogP contribution in [0.25, 0.3) is 0 Å². The molecule has 3 heterocycles. The van der Waals surface area contributed by atoms with E-state index >= 15 is 0 Å². The van der Waals surface area contributed by atoms with E-state index in [1.165, 1.54) is 10.5 Å². The molecule has 1 N–H and O–H groups in total. The van der Waals surface area contributed by atoms with E-state index in [1.807, 2.05) is 24.3 Å². The number of carbonyl (C=O) groups excluding carboxylic acids is 2. The van der Waals surface area contributed by atoms with Gasteiger partial charge >= 0.3 is 6.03 Å². The molecular formula is C24H28ClN3O2S. The van der Waals surface area contributed by atoms with E-state index in [-0.39, 0.29) is 17.9 Å². The van der Waals surface area contributed by atoms with Crippen LogP contribution >= 0.6 is 22.9 Å². The molecule has 3 aliphatic rings. The molecule has 0 bridgehead atoms. The van der Waals surface area contributed by atoms with E-state index in [0.717, 1.165) is 50.9 Å². The van der Waals surface area contributed by atoms with Gasteiger partial charge in [-0.3, -0.25) is 14.6 Å². The normalized spacial score (nSPS) is 25.3. The molecule has 2 aliphatic heterocycles.